The Kier molecular flexibility index (Phi) is 5.81. The maximum absolute atomic E-state index is 12.4. The summed E-state index contributed by atoms with van der Waals surface area (Å²) in [7, 11) is 0. The maximum Gasteiger partial charge on any atom is 0.416 e. The maximum atomic E-state index is 12.4. The highest BCUT2D eigenvalue weighted by atomic mass is 19.4. The lowest BCUT2D eigenvalue weighted by Crippen LogP contribution is -2.03. The number of rotatable bonds is 4. The summed E-state index contributed by atoms with van der Waals surface area (Å²) in [5, 5.41) is 0. The van der Waals surface area contributed by atoms with Gasteiger partial charge in [-0.15, -0.1) is 0 Å². The molecule has 0 N–H and O–H groups in total. The van der Waals surface area contributed by atoms with E-state index in [1.807, 2.05) is 18.2 Å². The van der Waals surface area contributed by atoms with E-state index in [1.165, 1.54) is 23.3 Å². The van der Waals surface area contributed by atoms with Crippen molar-refractivity contribution in [1.29, 1.82) is 0 Å². The Hall–Kier alpha value is -1.77. The smallest absolute Gasteiger partial charge is 0.166 e. The lowest BCUT2D eigenvalue weighted by molar-refractivity contribution is -0.137. The molecule has 3 heteroatoms. The normalized spacial score (nSPS) is 12.3. The zero-order valence-corrected chi connectivity index (χ0v) is 12.0. The van der Waals surface area contributed by atoms with Crippen molar-refractivity contribution in [2.24, 2.45) is 0 Å². The standard InChI is InChI=1S/C17H19F3/c1-13(2)14(3)7-5-4-6-8-15-9-11-16(12-10-15)17(18,19)20/h4-6,8-12H,7H2,1-3H3/b5-4+,8-6+. The van der Waals surface area contributed by atoms with E-state index in [-0.39, 0.29) is 0 Å². The molecule has 0 aliphatic heterocycles. The zero-order valence-electron chi connectivity index (χ0n) is 12.0. The van der Waals surface area contributed by atoms with Gasteiger partial charge in [0.2, 0.25) is 0 Å². The molecule has 1 aromatic rings. The Morgan fingerprint density at radius 1 is 1.00 bits per heavy atom. The van der Waals surface area contributed by atoms with Gasteiger partial charge >= 0.3 is 6.18 Å². The Balaban J connectivity index is 2.59. The van der Waals surface area contributed by atoms with Gasteiger partial charge in [-0.2, -0.15) is 13.2 Å². The average molecular weight is 280 g/mol. The lowest BCUT2D eigenvalue weighted by atomic mass is 10.1. The largest absolute Gasteiger partial charge is 0.416 e. The van der Waals surface area contributed by atoms with Gasteiger partial charge in [-0.3, -0.25) is 0 Å². The highest BCUT2D eigenvalue weighted by Gasteiger charge is 2.29. The van der Waals surface area contributed by atoms with E-state index in [0.29, 0.717) is 0 Å². The molecule has 0 unspecified atom stereocenters. The van der Waals surface area contributed by atoms with E-state index >= 15 is 0 Å². The fourth-order valence-corrected chi connectivity index (χ4v) is 1.48. The van der Waals surface area contributed by atoms with Crippen molar-refractivity contribution in [2.45, 2.75) is 33.4 Å². The summed E-state index contributed by atoms with van der Waals surface area (Å²) in [6.45, 7) is 6.22. The molecule has 0 saturated carbocycles. The summed E-state index contributed by atoms with van der Waals surface area (Å²) in [5.74, 6) is 0. The molecule has 0 spiro atoms. The fraction of sp³-hybridized carbons (Fsp3) is 0.294. The number of benzene rings is 1. The number of alkyl halides is 3. The number of halogens is 3. The Morgan fingerprint density at radius 2 is 1.60 bits per heavy atom. The average Bonchev–Trinajstić information content (AvgIpc) is 2.37. The van der Waals surface area contributed by atoms with Crippen LogP contribution in [0.5, 0.6) is 0 Å². The molecule has 0 fully saturated rings. The third kappa shape index (κ3) is 5.47. The van der Waals surface area contributed by atoms with Gasteiger partial charge in [-0.05, 0) is 44.9 Å². The van der Waals surface area contributed by atoms with Crippen LogP contribution in [0, 0.1) is 0 Å². The molecule has 0 amide bonds. The van der Waals surface area contributed by atoms with Crippen LogP contribution >= 0.6 is 0 Å². The van der Waals surface area contributed by atoms with Crippen LogP contribution in [-0.2, 0) is 6.18 Å². The highest BCUT2D eigenvalue weighted by molar-refractivity contribution is 5.51. The minimum absolute atomic E-state index is 0.621. The van der Waals surface area contributed by atoms with Gasteiger partial charge < -0.3 is 0 Å². The van der Waals surface area contributed by atoms with Gasteiger partial charge in [0.1, 0.15) is 0 Å². The molecule has 20 heavy (non-hydrogen) atoms. The van der Waals surface area contributed by atoms with Gasteiger partial charge in [0, 0.05) is 0 Å². The van der Waals surface area contributed by atoms with Crippen molar-refractivity contribution in [3.63, 3.8) is 0 Å². The van der Waals surface area contributed by atoms with Crippen LogP contribution in [-0.4, -0.2) is 0 Å². The van der Waals surface area contributed by atoms with E-state index in [0.717, 1.165) is 24.1 Å². The Labute approximate surface area is 118 Å². The van der Waals surface area contributed by atoms with Crippen LogP contribution in [0.25, 0.3) is 6.08 Å². The lowest BCUT2D eigenvalue weighted by Gasteiger charge is -2.05. The molecule has 0 heterocycles. The summed E-state index contributed by atoms with van der Waals surface area (Å²) >= 11 is 0. The monoisotopic (exact) mass is 280 g/mol. The topological polar surface area (TPSA) is 0 Å². The first kappa shape index (κ1) is 16.3. The van der Waals surface area contributed by atoms with Crippen LogP contribution < -0.4 is 0 Å². The van der Waals surface area contributed by atoms with Gasteiger partial charge in [0.25, 0.3) is 0 Å². The van der Waals surface area contributed by atoms with E-state index in [1.54, 1.807) is 6.08 Å². The van der Waals surface area contributed by atoms with Gasteiger partial charge in [-0.1, -0.05) is 47.6 Å². The van der Waals surface area contributed by atoms with E-state index in [2.05, 4.69) is 20.8 Å². The first-order chi connectivity index (χ1) is 9.30. The summed E-state index contributed by atoms with van der Waals surface area (Å²) in [4.78, 5) is 0. The fourth-order valence-electron chi connectivity index (χ4n) is 1.48. The second-order valence-corrected chi connectivity index (χ2v) is 4.89. The van der Waals surface area contributed by atoms with Crippen LogP contribution in [0.4, 0.5) is 13.2 Å². The predicted octanol–water partition coefficient (Wildman–Crippen LogP) is 6.02. The Morgan fingerprint density at radius 3 is 2.10 bits per heavy atom. The summed E-state index contributed by atoms with van der Waals surface area (Å²) in [6.07, 6.45) is 4.17. The summed E-state index contributed by atoms with van der Waals surface area (Å²) in [5.41, 5.74) is 2.76. The SMILES string of the molecule is CC(C)=C(C)C/C=C/C=C/c1ccc(C(F)(F)F)cc1. The van der Waals surface area contributed by atoms with E-state index in [9.17, 15) is 13.2 Å². The quantitative estimate of drug-likeness (QED) is 0.467. The molecule has 108 valence electrons. The molecule has 0 aliphatic carbocycles. The van der Waals surface area contributed by atoms with Gasteiger partial charge in [-0.25, -0.2) is 0 Å². The molecule has 0 bridgehead atoms. The van der Waals surface area contributed by atoms with Gasteiger partial charge in [0.15, 0.2) is 0 Å². The van der Waals surface area contributed by atoms with Crippen LogP contribution in [0.2, 0.25) is 0 Å². The first-order valence-corrected chi connectivity index (χ1v) is 6.44. The minimum atomic E-state index is -4.27. The predicted molar refractivity (Wildman–Crippen MR) is 78.3 cm³/mol. The van der Waals surface area contributed by atoms with E-state index < -0.39 is 11.7 Å². The second-order valence-electron chi connectivity index (χ2n) is 4.89. The van der Waals surface area contributed by atoms with E-state index in [4.69, 9.17) is 0 Å². The number of hydrogen-bond acceptors (Lipinski definition) is 0. The number of hydrogen-bond donors (Lipinski definition) is 0. The molecule has 0 radical (unpaired) electrons. The molecule has 0 atom stereocenters. The Bertz CT molecular complexity index is 510. The molecular weight excluding hydrogens is 261 g/mol. The van der Waals surface area contributed by atoms with Crippen molar-refractivity contribution in [2.75, 3.05) is 0 Å². The zero-order chi connectivity index (χ0) is 15.2. The van der Waals surface area contributed by atoms with Crippen molar-refractivity contribution in [3.05, 3.63) is 64.8 Å². The van der Waals surface area contributed by atoms with Crippen LogP contribution in [0.3, 0.4) is 0 Å². The third-order valence-corrected chi connectivity index (χ3v) is 3.05. The minimum Gasteiger partial charge on any atom is -0.166 e. The highest BCUT2D eigenvalue weighted by Crippen LogP contribution is 2.29. The van der Waals surface area contributed by atoms with Gasteiger partial charge in [0.05, 0.1) is 5.56 Å². The molecule has 1 rings (SSSR count). The van der Waals surface area contributed by atoms with Crippen LogP contribution in [0.1, 0.15) is 38.3 Å². The molecular formula is C17H19F3. The second kappa shape index (κ2) is 7.13. The van der Waals surface area contributed by atoms with Crippen molar-refractivity contribution < 1.29 is 13.2 Å². The summed E-state index contributed by atoms with van der Waals surface area (Å²) in [6, 6.07) is 5.12. The molecule has 1 aromatic carbocycles. The first-order valence-electron chi connectivity index (χ1n) is 6.44. The molecule has 0 saturated heterocycles. The summed E-state index contributed by atoms with van der Waals surface area (Å²) < 4.78 is 37.1. The third-order valence-electron chi connectivity index (χ3n) is 3.05. The molecule has 0 aliphatic rings. The van der Waals surface area contributed by atoms with Crippen molar-refractivity contribution in [3.8, 4) is 0 Å². The molecule has 0 nitrogen and oxygen atoms in total. The van der Waals surface area contributed by atoms with Crippen LogP contribution in [0.15, 0.2) is 53.6 Å². The van der Waals surface area contributed by atoms with Crippen molar-refractivity contribution >= 4 is 6.08 Å². The molecule has 0 aromatic heterocycles. The number of allylic oxidation sites excluding steroid dienone is 5. The van der Waals surface area contributed by atoms with Crippen molar-refractivity contribution in [1.82, 2.24) is 0 Å².